The van der Waals surface area contributed by atoms with E-state index in [9.17, 15) is 0 Å². The van der Waals surface area contributed by atoms with Gasteiger partial charge in [0, 0.05) is 5.03 Å². The molecule has 1 unspecified atom stereocenters. The van der Waals surface area contributed by atoms with E-state index in [1.54, 1.807) is 6.08 Å². The predicted molar refractivity (Wildman–Crippen MR) is 50.4 cm³/mol. The Morgan fingerprint density at radius 3 is 3.08 bits per heavy atom. The lowest BCUT2D eigenvalue weighted by Crippen LogP contribution is -2.35. The van der Waals surface area contributed by atoms with Gasteiger partial charge in [-0.25, -0.2) is 0 Å². The van der Waals surface area contributed by atoms with E-state index in [0.29, 0.717) is 5.82 Å². The molecule has 2 rings (SSSR count). The van der Waals surface area contributed by atoms with Crippen LogP contribution in [0.5, 0.6) is 0 Å². The quantitative estimate of drug-likeness (QED) is 0.591. The van der Waals surface area contributed by atoms with Gasteiger partial charge >= 0.3 is 0 Å². The van der Waals surface area contributed by atoms with Crippen molar-refractivity contribution >= 4 is 11.6 Å². The van der Waals surface area contributed by atoms with Crippen LogP contribution in [0.25, 0.3) is 0 Å². The first-order valence-electron chi connectivity index (χ1n) is 3.75. The Balaban J connectivity index is 2.44. The maximum absolute atomic E-state index is 5.98. The molecule has 12 heavy (non-hydrogen) atoms. The number of hydrogen-bond acceptors (Lipinski definition) is 2. The third kappa shape index (κ3) is 1.14. The summed E-state index contributed by atoms with van der Waals surface area (Å²) in [4.78, 5) is 0. The summed E-state index contributed by atoms with van der Waals surface area (Å²) >= 11 is 5.98. The van der Waals surface area contributed by atoms with Crippen molar-refractivity contribution < 1.29 is 0 Å². The van der Waals surface area contributed by atoms with E-state index in [2.05, 4.69) is 5.32 Å². The minimum absolute atomic E-state index is 0.146. The number of rotatable bonds is 0. The van der Waals surface area contributed by atoms with Crippen LogP contribution in [0.2, 0.25) is 0 Å². The number of nitrogens with one attached hydrogen (secondary N) is 1. The minimum Gasteiger partial charge on any atom is -0.385 e. The topological polar surface area (TPSA) is 38.0 Å². The van der Waals surface area contributed by atoms with E-state index in [-0.39, 0.29) is 6.04 Å². The fourth-order valence-corrected chi connectivity index (χ4v) is 1.64. The summed E-state index contributed by atoms with van der Waals surface area (Å²) in [5.41, 5.74) is 6.68. The molecule has 1 aliphatic heterocycles. The van der Waals surface area contributed by atoms with Gasteiger partial charge in [0.1, 0.15) is 0 Å². The Morgan fingerprint density at radius 1 is 1.42 bits per heavy atom. The van der Waals surface area contributed by atoms with Gasteiger partial charge in [-0.15, -0.1) is 0 Å². The number of hydrogen-bond donors (Lipinski definition) is 2. The lowest BCUT2D eigenvalue weighted by atomic mass is 9.99. The Kier molecular flexibility index (Phi) is 1.70. The molecular weight excluding hydrogens is 172 g/mol. The molecule has 0 bridgehead atoms. The van der Waals surface area contributed by atoms with Crippen LogP contribution >= 0.6 is 11.6 Å². The molecule has 2 aliphatic rings. The molecule has 0 saturated heterocycles. The average molecular weight is 181 g/mol. The highest BCUT2D eigenvalue weighted by molar-refractivity contribution is 6.32. The maximum atomic E-state index is 5.98. The number of halogens is 1. The predicted octanol–water partition coefficient (Wildman–Crippen LogP) is 1.38. The van der Waals surface area contributed by atoms with Crippen LogP contribution in [0.1, 0.15) is 0 Å². The van der Waals surface area contributed by atoms with Gasteiger partial charge in [0.25, 0.3) is 0 Å². The summed E-state index contributed by atoms with van der Waals surface area (Å²) in [6.07, 6.45) is 9.69. The molecule has 0 amide bonds. The molecule has 0 aromatic carbocycles. The number of allylic oxidation sites excluding steroid dienone is 4. The third-order valence-electron chi connectivity index (χ3n) is 1.91. The number of nitrogens with two attached hydrogens (primary N) is 1. The van der Waals surface area contributed by atoms with Crippen molar-refractivity contribution in [2.45, 2.75) is 6.04 Å². The standard InChI is InChI=1S/C9H9ClN2/c10-7-5-9(11)12-8-4-2-1-3-6(7)8/h1-5,8,12H,11H2. The number of fused-ring (bicyclic) bond motifs is 1. The van der Waals surface area contributed by atoms with Crippen molar-refractivity contribution in [3.63, 3.8) is 0 Å². The molecule has 1 heterocycles. The largest absolute Gasteiger partial charge is 0.385 e. The highest BCUT2D eigenvalue weighted by Gasteiger charge is 2.18. The van der Waals surface area contributed by atoms with Gasteiger partial charge in [-0.05, 0) is 11.6 Å². The van der Waals surface area contributed by atoms with Crippen molar-refractivity contribution in [2.24, 2.45) is 5.73 Å². The maximum Gasteiger partial charge on any atom is 0.0982 e. The SMILES string of the molecule is NC1=CC(Cl)=C2C=CC=CC2N1. The molecule has 2 nitrogen and oxygen atoms in total. The van der Waals surface area contributed by atoms with Crippen molar-refractivity contribution in [3.8, 4) is 0 Å². The zero-order valence-corrected chi connectivity index (χ0v) is 7.18. The smallest absolute Gasteiger partial charge is 0.0982 e. The van der Waals surface area contributed by atoms with E-state index in [1.807, 2.05) is 24.3 Å². The van der Waals surface area contributed by atoms with Crippen LogP contribution in [0, 0.1) is 0 Å². The lowest BCUT2D eigenvalue weighted by Gasteiger charge is -2.24. The molecule has 1 aliphatic carbocycles. The van der Waals surface area contributed by atoms with E-state index in [1.165, 1.54) is 0 Å². The molecule has 3 heteroatoms. The van der Waals surface area contributed by atoms with Gasteiger partial charge < -0.3 is 11.1 Å². The van der Waals surface area contributed by atoms with Crippen LogP contribution in [0.3, 0.4) is 0 Å². The lowest BCUT2D eigenvalue weighted by molar-refractivity contribution is 0.735. The molecule has 0 aromatic heterocycles. The molecule has 0 spiro atoms. The summed E-state index contributed by atoms with van der Waals surface area (Å²) in [7, 11) is 0. The molecule has 1 atom stereocenters. The summed E-state index contributed by atoms with van der Waals surface area (Å²) in [6, 6.07) is 0.146. The molecule has 0 radical (unpaired) electrons. The zero-order chi connectivity index (χ0) is 8.55. The van der Waals surface area contributed by atoms with Crippen molar-refractivity contribution in [2.75, 3.05) is 0 Å². The minimum atomic E-state index is 0.146. The fourth-order valence-electron chi connectivity index (χ4n) is 1.34. The van der Waals surface area contributed by atoms with Crippen molar-refractivity contribution in [3.05, 3.63) is 46.8 Å². The third-order valence-corrected chi connectivity index (χ3v) is 2.23. The van der Waals surface area contributed by atoms with E-state index < -0.39 is 0 Å². The van der Waals surface area contributed by atoms with Gasteiger partial charge in [-0.1, -0.05) is 35.9 Å². The summed E-state index contributed by atoms with van der Waals surface area (Å²) in [5.74, 6) is 0.619. The van der Waals surface area contributed by atoms with Gasteiger partial charge in [0.2, 0.25) is 0 Å². The fraction of sp³-hybridized carbons (Fsp3) is 0.111. The molecule has 0 fully saturated rings. The Hall–Kier alpha value is -1.15. The van der Waals surface area contributed by atoms with Crippen LogP contribution in [0.4, 0.5) is 0 Å². The van der Waals surface area contributed by atoms with Gasteiger partial charge in [-0.3, -0.25) is 0 Å². The second kappa shape index (κ2) is 2.72. The highest BCUT2D eigenvalue weighted by Crippen LogP contribution is 2.24. The van der Waals surface area contributed by atoms with Gasteiger partial charge in [0.15, 0.2) is 0 Å². The number of dihydropyridines is 1. The Bertz CT molecular complexity index is 323. The summed E-state index contributed by atoms with van der Waals surface area (Å²) in [5, 5.41) is 3.83. The molecular formula is C9H9ClN2. The van der Waals surface area contributed by atoms with Crippen LogP contribution in [0.15, 0.2) is 46.8 Å². The van der Waals surface area contributed by atoms with Crippen LogP contribution in [-0.4, -0.2) is 6.04 Å². The first-order chi connectivity index (χ1) is 5.77. The molecule has 0 saturated carbocycles. The molecule has 62 valence electrons. The van der Waals surface area contributed by atoms with Crippen LogP contribution < -0.4 is 11.1 Å². The normalized spacial score (nSPS) is 26.4. The second-order valence-corrected chi connectivity index (χ2v) is 3.18. The first-order valence-corrected chi connectivity index (χ1v) is 4.13. The van der Waals surface area contributed by atoms with Gasteiger partial charge in [-0.2, -0.15) is 0 Å². The molecule has 0 aromatic rings. The van der Waals surface area contributed by atoms with Gasteiger partial charge in [0.05, 0.1) is 11.9 Å². The summed E-state index contributed by atoms with van der Waals surface area (Å²) < 4.78 is 0. The van der Waals surface area contributed by atoms with E-state index >= 15 is 0 Å². The monoisotopic (exact) mass is 180 g/mol. The van der Waals surface area contributed by atoms with Crippen LogP contribution in [-0.2, 0) is 0 Å². The van der Waals surface area contributed by atoms with E-state index in [0.717, 1.165) is 10.6 Å². The second-order valence-electron chi connectivity index (χ2n) is 2.77. The van der Waals surface area contributed by atoms with Crippen molar-refractivity contribution in [1.29, 1.82) is 0 Å². The first kappa shape index (κ1) is 7.50. The zero-order valence-electron chi connectivity index (χ0n) is 6.42. The Morgan fingerprint density at radius 2 is 2.25 bits per heavy atom. The highest BCUT2D eigenvalue weighted by atomic mass is 35.5. The average Bonchev–Trinajstić information content (AvgIpc) is 2.04. The Labute approximate surface area is 76.1 Å². The summed E-state index contributed by atoms with van der Waals surface area (Å²) in [6.45, 7) is 0. The van der Waals surface area contributed by atoms with E-state index in [4.69, 9.17) is 17.3 Å². The van der Waals surface area contributed by atoms with Crippen molar-refractivity contribution in [1.82, 2.24) is 5.32 Å². The molecule has 3 N–H and O–H groups in total.